The summed E-state index contributed by atoms with van der Waals surface area (Å²) in [6, 6.07) is 0. The van der Waals surface area contributed by atoms with Crippen LogP contribution in [0.15, 0.2) is 0 Å². The fraction of sp³-hybridized carbons (Fsp3) is 1.00. The highest BCUT2D eigenvalue weighted by atomic mass is 14.4. The highest BCUT2D eigenvalue weighted by molar-refractivity contribution is 4.84. The molecule has 0 heteroatoms. The van der Waals surface area contributed by atoms with E-state index in [4.69, 9.17) is 0 Å². The minimum atomic E-state index is 0.869. The number of hydrogen-bond acceptors (Lipinski definition) is 0. The van der Waals surface area contributed by atoms with Gasteiger partial charge in [-0.25, -0.2) is 0 Å². The summed E-state index contributed by atoms with van der Waals surface area (Å²) in [6.07, 6.45) is 2.93. The standard InChI is InChI=1S/C14H28/c1-9(2)13-7-11(5)12(6)14(8-13)10(3)4/h9-14H,7-8H2,1-6H3. The molecular formula is C14H28. The second-order valence-corrected chi connectivity index (χ2v) is 6.22. The van der Waals surface area contributed by atoms with Gasteiger partial charge < -0.3 is 0 Å². The second-order valence-electron chi connectivity index (χ2n) is 6.22. The first-order valence-corrected chi connectivity index (χ1v) is 6.43. The molecule has 0 aromatic heterocycles. The molecule has 0 bridgehead atoms. The maximum atomic E-state index is 2.46. The summed E-state index contributed by atoms with van der Waals surface area (Å²) >= 11 is 0. The highest BCUT2D eigenvalue weighted by Gasteiger charge is 2.35. The molecule has 0 nitrogen and oxygen atoms in total. The van der Waals surface area contributed by atoms with Gasteiger partial charge in [0.05, 0.1) is 0 Å². The molecule has 0 aromatic carbocycles. The Morgan fingerprint density at radius 1 is 0.857 bits per heavy atom. The van der Waals surface area contributed by atoms with Crippen molar-refractivity contribution in [3.05, 3.63) is 0 Å². The van der Waals surface area contributed by atoms with Crippen molar-refractivity contribution in [2.75, 3.05) is 0 Å². The van der Waals surface area contributed by atoms with E-state index in [9.17, 15) is 0 Å². The molecule has 1 rings (SSSR count). The van der Waals surface area contributed by atoms with Gasteiger partial charge in [-0.1, -0.05) is 41.5 Å². The lowest BCUT2D eigenvalue weighted by Gasteiger charge is -2.42. The van der Waals surface area contributed by atoms with Crippen molar-refractivity contribution < 1.29 is 0 Å². The molecule has 1 fully saturated rings. The van der Waals surface area contributed by atoms with E-state index in [0.717, 1.165) is 35.5 Å². The second kappa shape index (κ2) is 4.68. The molecule has 0 N–H and O–H groups in total. The van der Waals surface area contributed by atoms with Crippen LogP contribution in [0.25, 0.3) is 0 Å². The summed E-state index contributed by atoms with van der Waals surface area (Å²) in [7, 11) is 0. The van der Waals surface area contributed by atoms with Crippen LogP contribution in [-0.4, -0.2) is 0 Å². The molecule has 0 amide bonds. The van der Waals surface area contributed by atoms with Crippen molar-refractivity contribution in [3.8, 4) is 0 Å². The van der Waals surface area contributed by atoms with E-state index in [2.05, 4.69) is 41.5 Å². The van der Waals surface area contributed by atoms with Crippen molar-refractivity contribution >= 4 is 0 Å². The summed E-state index contributed by atoms with van der Waals surface area (Å²) in [6.45, 7) is 14.5. The Hall–Kier alpha value is 0. The van der Waals surface area contributed by atoms with Crippen LogP contribution in [0, 0.1) is 35.5 Å². The molecule has 0 saturated heterocycles. The Morgan fingerprint density at radius 3 is 1.86 bits per heavy atom. The van der Waals surface area contributed by atoms with Crippen molar-refractivity contribution in [1.29, 1.82) is 0 Å². The van der Waals surface area contributed by atoms with Gasteiger partial charge in [0.2, 0.25) is 0 Å². The van der Waals surface area contributed by atoms with Crippen molar-refractivity contribution in [2.24, 2.45) is 35.5 Å². The van der Waals surface area contributed by atoms with Gasteiger partial charge >= 0.3 is 0 Å². The first-order valence-electron chi connectivity index (χ1n) is 6.43. The molecule has 0 aliphatic heterocycles. The Kier molecular flexibility index (Phi) is 4.04. The van der Waals surface area contributed by atoms with Crippen molar-refractivity contribution in [2.45, 2.75) is 54.4 Å². The van der Waals surface area contributed by atoms with E-state index in [1.807, 2.05) is 0 Å². The minimum Gasteiger partial charge on any atom is -0.0625 e. The lowest BCUT2D eigenvalue weighted by Crippen LogP contribution is -2.34. The zero-order valence-corrected chi connectivity index (χ0v) is 10.9. The largest absolute Gasteiger partial charge is 0.0625 e. The van der Waals surface area contributed by atoms with E-state index in [0.29, 0.717) is 0 Å². The Morgan fingerprint density at radius 2 is 1.43 bits per heavy atom. The van der Waals surface area contributed by atoms with Gasteiger partial charge in [0.1, 0.15) is 0 Å². The molecule has 4 atom stereocenters. The molecule has 1 saturated carbocycles. The lowest BCUT2D eigenvalue weighted by atomic mass is 9.63. The lowest BCUT2D eigenvalue weighted by molar-refractivity contribution is 0.0740. The molecule has 0 heterocycles. The summed E-state index contributed by atoms with van der Waals surface area (Å²) in [5, 5.41) is 0. The molecule has 4 unspecified atom stereocenters. The third-order valence-electron chi connectivity index (χ3n) is 4.62. The van der Waals surface area contributed by atoms with E-state index < -0.39 is 0 Å². The zero-order valence-electron chi connectivity index (χ0n) is 10.9. The first kappa shape index (κ1) is 12.1. The van der Waals surface area contributed by atoms with Gasteiger partial charge in [-0.05, 0) is 48.3 Å². The Bertz CT molecular complexity index is 169. The fourth-order valence-corrected chi connectivity index (χ4v) is 3.20. The van der Waals surface area contributed by atoms with E-state index in [1.165, 1.54) is 12.8 Å². The Labute approximate surface area is 90.5 Å². The van der Waals surface area contributed by atoms with Crippen molar-refractivity contribution in [3.63, 3.8) is 0 Å². The van der Waals surface area contributed by atoms with Crippen LogP contribution in [0.3, 0.4) is 0 Å². The van der Waals surface area contributed by atoms with Crippen LogP contribution in [0.4, 0.5) is 0 Å². The van der Waals surface area contributed by atoms with Gasteiger partial charge in [0, 0.05) is 0 Å². The van der Waals surface area contributed by atoms with Crippen LogP contribution in [-0.2, 0) is 0 Å². The van der Waals surface area contributed by atoms with E-state index >= 15 is 0 Å². The first-order chi connectivity index (χ1) is 6.43. The number of rotatable bonds is 2. The van der Waals surface area contributed by atoms with E-state index in [-0.39, 0.29) is 0 Å². The third-order valence-corrected chi connectivity index (χ3v) is 4.62. The van der Waals surface area contributed by atoms with Gasteiger partial charge in [-0.15, -0.1) is 0 Å². The maximum Gasteiger partial charge on any atom is -0.0360 e. The van der Waals surface area contributed by atoms with Crippen LogP contribution in [0.1, 0.15) is 54.4 Å². The highest BCUT2D eigenvalue weighted by Crippen LogP contribution is 2.43. The van der Waals surface area contributed by atoms with Crippen LogP contribution >= 0.6 is 0 Å². The molecule has 0 radical (unpaired) electrons. The summed E-state index contributed by atoms with van der Waals surface area (Å²) < 4.78 is 0. The predicted molar refractivity (Wildman–Crippen MR) is 64.2 cm³/mol. The monoisotopic (exact) mass is 196 g/mol. The third kappa shape index (κ3) is 2.52. The molecule has 14 heavy (non-hydrogen) atoms. The van der Waals surface area contributed by atoms with Crippen molar-refractivity contribution in [1.82, 2.24) is 0 Å². The normalized spacial score (nSPS) is 39.4. The topological polar surface area (TPSA) is 0 Å². The maximum absolute atomic E-state index is 2.46. The predicted octanol–water partition coefficient (Wildman–Crippen LogP) is 4.60. The zero-order chi connectivity index (χ0) is 10.9. The smallest absolute Gasteiger partial charge is 0.0360 e. The Balaban J connectivity index is 2.66. The van der Waals surface area contributed by atoms with Gasteiger partial charge in [0.15, 0.2) is 0 Å². The average molecular weight is 196 g/mol. The molecule has 0 aromatic rings. The molecule has 1 aliphatic rings. The molecule has 1 aliphatic carbocycles. The molecular weight excluding hydrogens is 168 g/mol. The quantitative estimate of drug-likeness (QED) is 0.605. The fourth-order valence-electron chi connectivity index (χ4n) is 3.20. The molecule has 84 valence electrons. The van der Waals surface area contributed by atoms with Gasteiger partial charge in [-0.3, -0.25) is 0 Å². The van der Waals surface area contributed by atoms with Crippen LogP contribution in [0.2, 0.25) is 0 Å². The average Bonchev–Trinajstić information content (AvgIpc) is 2.08. The van der Waals surface area contributed by atoms with Gasteiger partial charge in [-0.2, -0.15) is 0 Å². The van der Waals surface area contributed by atoms with E-state index in [1.54, 1.807) is 0 Å². The van der Waals surface area contributed by atoms with Gasteiger partial charge in [0.25, 0.3) is 0 Å². The van der Waals surface area contributed by atoms with Crippen LogP contribution < -0.4 is 0 Å². The summed E-state index contributed by atoms with van der Waals surface area (Å²) in [4.78, 5) is 0. The molecule has 0 spiro atoms. The van der Waals surface area contributed by atoms with Crippen LogP contribution in [0.5, 0.6) is 0 Å². The summed E-state index contributed by atoms with van der Waals surface area (Å²) in [5.74, 6) is 5.56. The SMILES string of the molecule is CC(C)C1CC(C)C(C)C(C(C)C)C1. The summed E-state index contributed by atoms with van der Waals surface area (Å²) in [5.41, 5.74) is 0. The minimum absolute atomic E-state index is 0.869. The number of hydrogen-bond donors (Lipinski definition) is 0.